The second-order valence-corrected chi connectivity index (χ2v) is 11.9. The minimum absolute atomic E-state index is 0.0597. The van der Waals surface area contributed by atoms with Gasteiger partial charge in [-0.1, -0.05) is 44.4 Å². The van der Waals surface area contributed by atoms with E-state index in [9.17, 15) is 4.79 Å². The van der Waals surface area contributed by atoms with Crippen LogP contribution < -0.4 is 0 Å². The van der Waals surface area contributed by atoms with Crippen molar-refractivity contribution < 1.29 is 9.53 Å². The zero-order chi connectivity index (χ0) is 23.6. The van der Waals surface area contributed by atoms with Crippen LogP contribution >= 0.6 is 11.3 Å². The average molecular weight is 476 g/mol. The molecule has 0 saturated carbocycles. The summed E-state index contributed by atoms with van der Waals surface area (Å²) in [6.07, 6.45) is 15.5. The SMILES string of the molecule is CCCC1C2=C(C=CCC2)C2c3c(c(C)nc4sc5c(c34)CCCC5)C(C(=O)OC)C(CC)C12. The van der Waals surface area contributed by atoms with Gasteiger partial charge in [-0.2, -0.15) is 0 Å². The van der Waals surface area contributed by atoms with E-state index in [1.54, 1.807) is 28.7 Å². The van der Waals surface area contributed by atoms with Gasteiger partial charge in [0.15, 0.2) is 0 Å². The minimum atomic E-state index is -0.202. The highest BCUT2D eigenvalue weighted by Gasteiger charge is 2.54. The molecule has 4 aliphatic rings. The molecular formula is C30H37NO2S. The standard InChI is InChI=1S/C30H37NO2S/c1-5-11-19-18-12-7-8-13-20(18)25-24(19)17(6-2)27(30(32)33-4)23-16(3)31-29-26(28(23)25)21-14-9-10-15-22(21)34-29/h8,13,17,19,24-25,27H,5-7,9-12,14-15H2,1-4H3. The van der Waals surface area contributed by atoms with E-state index in [1.165, 1.54) is 59.9 Å². The van der Waals surface area contributed by atoms with Crippen LogP contribution in [0.2, 0.25) is 0 Å². The lowest BCUT2D eigenvalue weighted by Gasteiger charge is -2.44. The third kappa shape index (κ3) is 3.06. The Bertz CT molecular complexity index is 1220. The van der Waals surface area contributed by atoms with Gasteiger partial charge in [0.05, 0.1) is 13.0 Å². The molecule has 0 spiro atoms. The van der Waals surface area contributed by atoms with Crippen molar-refractivity contribution in [3.63, 3.8) is 0 Å². The molecule has 0 radical (unpaired) electrons. The molecule has 6 rings (SSSR count). The molecule has 34 heavy (non-hydrogen) atoms. The number of esters is 1. The van der Waals surface area contributed by atoms with Crippen molar-refractivity contribution in [2.75, 3.05) is 7.11 Å². The number of aromatic nitrogens is 1. The number of thiophene rings is 1. The summed E-state index contributed by atoms with van der Waals surface area (Å²) in [5.41, 5.74) is 8.55. The topological polar surface area (TPSA) is 39.2 Å². The van der Waals surface area contributed by atoms with Crippen LogP contribution in [-0.2, 0) is 22.4 Å². The highest BCUT2D eigenvalue weighted by Crippen LogP contribution is 2.64. The van der Waals surface area contributed by atoms with Gasteiger partial charge in [-0.25, -0.2) is 4.98 Å². The van der Waals surface area contributed by atoms with Crippen LogP contribution in [-0.4, -0.2) is 18.1 Å². The molecule has 4 aliphatic carbocycles. The number of pyridine rings is 1. The smallest absolute Gasteiger partial charge is 0.313 e. The van der Waals surface area contributed by atoms with Crippen molar-refractivity contribution in [2.45, 2.75) is 90.4 Å². The van der Waals surface area contributed by atoms with Crippen LogP contribution in [0.3, 0.4) is 0 Å². The molecule has 0 saturated heterocycles. The van der Waals surface area contributed by atoms with Crippen LogP contribution in [0.15, 0.2) is 23.3 Å². The number of fused-ring (bicyclic) bond motifs is 8. The maximum Gasteiger partial charge on any atom is 0.313 e. The number of rotatable bonds is 4. The van der Waals surface area contributed by atoms with Crippen LogP contribution in [0, 0.1) is 24.7 Å². The maximum absolute atomic E-state index is 13.5. The lowest BCUT2D eigenvalue weighted by molar-refractivity contribution is -0.145. The molecule has 5 unspecified atom stereocenters. The predicted molar refractivity (Wildman–Crippen MR) is 140 cm³/mol. The zero-order valence-corrected chi connectivity index (χ0v) is 21.9. The Morgan fingerprint density at radius 2 is 2.00 bits per heavy atom. The molecule has 4 heteroatoms. The van der Waals surface area contributed by atoms with Gasteiger partial charge in [0.2, 0.25) is 0 Å². The fourth-order valence-corrected chi connectivity index (χ4v) is 9.50. The van der Waals surface area contributed by atoms with E-state index in [4.69, 9.17) is 9.72 Å². The summed E-state index contributed by atoms with van der Waals surface area (Å²) in [4.78, 5) is 21.4. The minimum Gasteiger partial charge on any atom is -0.469 e. The Morgan fingerprint density at radius 1 is 1.18 bits per heavy atom. The average Bonchev–Trinajstić information content (AvgIpc) is 3.38. The molecule has 0 N–H and O–H groups in total. The number of allylic oxidation sites excluding steroid dienone is 4. The van der Waals surface area contributed by atoms with E-state index in [0.717, 1.165) is 25.0 Å². The molecule has 0 aliphatic heterocycles. The summed E-state index contributed by atoms with van der Waals surface area (Å²) in [5, 5.41) is 1.42. The van der Waals surface area contributed by atoms with Crippen molar-refractivity contribution in [3.8, 4) is 0 Å². The molecule has 2 aromatic rings. The normalized spacial score (nSPS) is 29.6. The van der Waals surface area contributed by atoms with Crippen LogP contribution in [0.1, 0.15) is 97.9 Å². The summed E-state index contributed by atoms with van der Waals surface area (Å²) >= 11 is 1.92. The molecule has 2 heterocycles. The Hall–Kier alpha value is -1.94. The van der Waals surface area contributed by atoms with Gasteiger partial charge < -0.3 is 4.74 Å². The number of methoxy groups -OCH3 is 1. The van der Waals surface area contributed by atoms with Crippen molar-refractivity contribution in [2.24, 2.45) is 17.8 Å². The molecule has 5 atom stereocenters. The van der Waals surface area contributed by atoms with Gasteiger partial charge in [-0.05, 0) is 91.9 Å². The Labute approximate surface area is 207 Å². The summed E-state index contributed by atoms with van der Waals surface area (Å²) in [6.45, 7) is 6.75. The predicted octanol–water partition coefficient (Wildman–Crippen LogP) is 7.56. The summed E-state index contributed by atoms with van der Waals surface area (Å²) in [5.74, 6) is 1.50. The van der Waals surface area contributed by atoms with Gasteiger partial charge in [-0.15, -0.1) is 11.3 Å². The van der Waals surface area contributed by atoms with Crippen molar-refractivity contribution in [1.82, 2.24) is 4.98 Å². The van der Waals surface area contributed by atoms with Crippen LogP contribution in [0.25, 0.3) is 10.2 Å². The first kappa shape index (κ1) is 22.5. The number of ether oxygens (including phenoxy) is 1. The number of hydrogen-bond donors (Lipinski definition) is 0. The molecule has 3 nitrogen and oxygen atoms in total. The summed E-state index contributed by atoms with van der Waals surface area (Å²) in [7, 11) is 1.57. The molecule has 0 aromatic carbocycles. The second-order valence-electron chi connectivity index (χ2n) is 10.9. The van der Waals surface area contributed by atoms with Crippen molar-refractivity contribution in [3.05, 3.63) is 50.6 Å². The summed E-state index contributed by atoms with van der Waals surface area (Å²) in [6, 6.07) is 0. The largest absolute Gasteiger partial charge is 0.469 e. The van der Waals surface area contributed by atoms with Crippen molar-refractivity contribution >= 4 is 27.5 Å². The number of nitrogens with zero attached hydrogens (tertiary/aromatic N) is 1. The highest BCUT2D eigenvalue weighted by molar-refractivity contribution is 7.18. The van der Waals surface area contributed by atoms with E-state index in [1.807, 2.05) is 11.3 Å². The van der Waals surface area contributed by atoms with Gasteiger partial charge >= 0.3 is 5.97 Å². The fourth-order valence-electron chi connectivity index (χ4n) is 8.18. The Morgan fingerprint density at radius 3 is 2.76 bits per heavy atom. The number of hydrogen-bond acceptors (Lipinski definition) is 4. The highest BCUT2D eigenvalue weighted by atomic mass is 32.1. The van der Waals surface area contributed by atoms with Gasteiger partial charge in [-0.3, -0.25) is 4.79 Å². The van der Waals surface area contributed by atoms with Crippen LogP contribution in [0.4, 0.5) is 0 Å². The van der Waals surface area contributed by atoms with E-state index in [0.29, 0.717) is 23.7 Å². The molecular weight excluding hydrogens is 438 g/mol. The number of carbonyl (C=O) groups excluding carboxylic acids is 1. The Kier molecular flexibility index (Phi) is 5.71. The molecule has 0 amide bonds. The third-order valence-electron chi connectivity index (χ3n) is 9.32. The van der Waals surface area contributed by atoms with E-state index < -0.39 is 0 Å². The maximum atomic E-state index is 13.5. The van der Waals surface area contributed by atoms with Crippen molar-refractivity contribution in [1.29, 1.82) is 0 Å². The lowest BCUT2D eigenvalue weighted by Crippen LogP contribution is -2.39. The second kappa shape index (κ2) is 8.62. The molecule has 2 aromatic heterocycles. The number of aryl methyl sites for hydroxylation is 3. The van der Waals surface area contributed by atoms with Gasteiger partial charge in [0, 0.05) is 21.9 Å². The first-order valence-corrected chi connectivity index (χ1v) is 14.3. The quantitative estimate of drug-likeness (QED) is 0.428. The third-order valence-corrected chi connectivity index (χ3v) is 10.5. The van der Waals surface area contributed by atoms with Gasteiger partial charge in [0.25, 0.3) is 0 Å². The molecule has 0 bridgehead atoms. The summed E-state index contributed by atoms with van der Waals surface area (Å²) < 4.78 is 5.51. The monoisotopic (exact) mass is 475 g/mol. The lowest BCUT2D eigenvalue weighted by atomic mass is 9.59. The molecule has 0 fully saturated rings. The van der Waals surface area contributed by atoms with E-state index in [2.05, 4.69) is 32.9 Å². The zero-order valence-electron chi connectivity index (χ0n) is 21.1. The van der Waals surface area contributed by atoms with E-state index >= 15 is 0 Å². The van der Waals surface area contributed by atoms with E-state index in [-0.39, 0.29) is 11.9 Å². The first-order valence-electron chi connectivity index (χ1n) is 13.5. The first-order chi connectivity index (χ1) is 16.6. The van der Waals surface area contributed by atoms with Crippen LogP contribution in [0.5, 0.6) is 0 Å². The molecule has 180 valence electrons. The van der Waals surface area contributed by atoms with Gasteiger partial charge in [0.1, 0.15) is 4.83 Å². The number of carbonyl (C=O) groups is 1. The Balaban J connectivity index is 1.70. The fraction of sp³-hybridized carbons (Fsp3) is 0.600.